The van der Waals surface area contributed by atoms with Crippen molar-refractivity contribution in [2.75, 3.05) is 13.7 Å². The molecular weight excluding hydrogens is 336 g/mol. The standard InChI is InChI=1S/C20H28O4S/c1-12-14-10-13(23-7)8-9-15(14)25-16(12)17(21)24-11-20(5,6)18(22)19(2,3)4/h8-10,18,22H,11H2,1-7H3. The van der Waals surface area contributed by atoms with Gasteiger partial charge in [0.2, 0.25) is 0 Å². The van der Waals surface area contributed by atoms with Crippen LogP contribution in [0, 0.1) is 17.8 Å². The van der Waals surface area contributed by atoms with Crippen LogP contribution in [0.4, 0.5) is 0 Å². The van der Waals surface area contributed by atoms with E-state index in [9.17, 15) is 9.90 Å². The molecule has 138 valence electrons. The van der Waals surface area contributed by atoms with Crippen LogP contribution in [0.1, 0.15) is 49.9 Å². The summed E-state index contributed by atoms with van der Waals surface area (Å²) in [5, 5.41) is 11.5. The zero-order valence-corrected chi connectivity index (χ0v) is 16.9. The molecule has 0 aliphatic carbocycles. The van der Waals surface area contributed by atoms with Crippen LogP contribution in [0.5, 0.6) is 5.75 Å². The molecule has 25 heavy (non-hydrogen) atoms. The molecule has 0 spiro atoms. The lowest BCUT2D eigenvalue weighted by Gasteiger charge is -2.38. The second kappa shape index (κ2) is 6.96. The molecule has 2 aromatic rings. The Labute approximate surface area is 153 Å². The number of ether oxygens (including phenoxy) is 2. The highest BCUT2D eigenvalue weighted by Gasteiger charge is 2.38. The van der Waals surface area contributed by atoms with Crippen molar-refractivity contribution in [2.45, 2.75) is 47.6 Å². The first-order valence-electron chi connectivity index (χ1n) is 8.39. The lowest BCUT2D eigenvalue weighted by atomic mass is 9.73. The number of carbonyl (C=O) groups is 1. The summed E-state index contributed by atoms with van der Waals surface area (Å²) < 4.78 is 11.8. The van der Waals surface area contributed by atoms with E-state index in [1.54, 1.807) is 7.11 Å². The monoisotopic (exact) mass is 364 g/mol. The predicted octanol–water partition coefficient (Wildman–Crippen LogP) is 4.81. The third kappa shape index (κ3) is 4.15. The van der Waals surface area contributed by atoms with E-state index < -0.39 is 11.5 Å². The summed E-state index contributed by atoms with van der Waals surface area (Å²) in [5.74, 6) is 0.426. The Hall–Kier alpha value is -1.59. The minimum Gasteiger partial charge on any atom is -0.497 e. The summed E-state index contributed by atoms with van der Waals surface area (Å²) in [6.45, 7) is 11.9. The first-order valence-corrected chi connectivity index (χ1v) is 9.21. The van der Waals surface area contributed by atoms with Crippen LogP contribution >= 0.6 is 11.3 Å². The third-order valence-electron chi connectivity index (χ3n) is 4.46. The Morgan fingerprint density at radius 1 is 1.24 bits per heavy atom. The van der Waals surface area contributed by atoms with E-state index in [1.165, 1.54) is 11.3 Å². The molecular formula is C20H28O4S. The van der Waals surface area contributed by atoms with Gasteiger partial charge in [-0.1, -0.05) is 34.6 Å². The van der Waals surface area contributed by atoms with E-state index in [0.717, 1.165) is 21.4 Å². The van der Waals surface area contributed by atoms with Crippen LogP contribution in [-0.2, 0) is 4.74 Å². The zero-order valence-electron chi connectivity index (χ0n) is 16.1. The predicted molar refractivity (Wildman–Crippen MR) is 103 cm³/mol. The number of hydrogen-bond acceptors (Lipinski definition) is 5. The van der Waals surface area contributed by atoms with Crippen LogP contribution in [-0.4, -0.2) is 30.9 Å². The molecule has 0 radical (unpaired) electrons. The second-order valence-corrected chi connectivity index (χ2v) is 9.30. The fourth-order valence-electron chi connectivity index (χ4n) is 3.09. The third-order valence-corrected chi connectivity index (χ3v) is 5.72. The van der Waals surface area contributed by atoms with Crippen molar-refractivity contribution in [2.24, 2.45) is 10.8 Å². The second-order valence-electron chi connectivity index (χ2n) is 8.25. The van der Waals surface area contributed by atoms with Crippen molar-refractivity contribution in [1.29, 1.82) is 0 Å². The summed E-state index contributed by atoms with van der Waals surface area (Å²) >= 11 is 1.42. The molecule has 5 heteroatoms. The molecule has 2 rings (SSSR count). The summed E-state index contributed by atoms with van der Waals surface area (Å²) in [6, 6.07) is 5.78. The van der Waals surface area contributed by atoms with E-state index in [2.05, 4.69) is 0 Å². The minimum atomic E-state index is -0.583. The van der Waals surface area contributed by atoms with Crippen molar-refractivity contribution >= 4 is 27.4 Å². The maximum absolute atomic E-state index is 12.6. The Bertz CT molecular complexity index is 768. The molecule has 1 atom stereocenters. The molecule has 1 aromatic carbocycles. The number of carbonyl (C=O) groups excluding carboxylic acids is 1. The number of aliphatic hydroxyl groups is 1. The van der Waals surface area contributed by atoms with E-state index >= 15 is 0 Å². The number of aliphatic hydroxyl groups excluding tert-OH is 1. The highest BCUT2D eigenvalue weighted by atomic mass is 32.1. The number of benzene rings is 1. The maximum atomic E-state index is 12.6. The van der Waals surface area contributed by atoms with Gasteiger partial charge in [-0.05, 0) is 41.5 Å². The van der Waals surface area contributed by atoms with Gasteiger partial charge in [-0.25, -0.2) is 4.79 Å². The van der Waals surface area contributed by atoms with Gasteiger partial charge < -0.3 is 14.6 Å². The molecule has 0 aliphatic rings. The molecule has 1 N–H and O–H groups in total. The van der Waals surface area contributed by atoms with Crippen LogP contribution in [0.2, 0.25) is 0 Å². The van der Waals surface area contributed by atoms with Gasteiger partial charge >= 0.3 is 5.97 Å². The summed E-state index contributed by atoms with van der Waals surface area (Å²) in [6.07, 6.45) is -0.583. The fourth-order valence-corrected chi connectivity index (χ4v) is 4.17. The first-order chi connectivity index (χ1) is 11.5. The van der Waals surface area contributed by atoms with Crippen LogP contribution in [0.15, 0.2) is 18.2 Å². The molecule has 0 fully saturated rings. The highest BCUT2D eigenvalue weighted by molar-refractivity contribution is 7.21. The molecule has 4 nitrogen and oxygen atoms in total. The van der Waals surface area contributed by atoms with Gasteiger partial charge in [0.25, 0.3) is 0 Å². The van der Waals surface area contributed by atoms with Crippen molar-refractivity contribution in [3.05, 3.63) is 28.6 Å². The average Bonchev–Trinajstić information content (AvgIpc) is 2.87. The largest absolute Gasteiger partial charge is 0.497 e. The average molecular weight is 365 g/mol. The van der Waals surface area contributed by atoms with Gasteiger partial charge in [-0.15, -0.1) is 11.3 Å². The van der Waals surface area contributed by atoms with Gasteiger partial charge in [-0.2, -0.15) is 0 Å². The first kappa shape index (κ1) is 19.7. The fraction of sp³-hybridized carbons (Fsp3) is 0.550. The number of aryl methyl sites for hydroxylation is 1. The van der Waals surface area contributed by atoms with Crippen LogP contribution in [0.25, 0.3) is 10.1 Å². The number of rotatable bonds is 5. The van der Waals surface area contributed by atoms with Gasteiger partial charge in [0.05, 0.1) is 19.8 Å². The zero-order chi connectivity index (χ0) is 19.0. The quantitative estimate of drug-likeness (QED) is 0.774. The van der Waals surface area contributed by atoms with Crippen LogP contribution in [0.3, 0.4) is 0 Å². The molecule has 0 saturated carbocycles. The number of thiophene rings is 1. The lowest BCUT2D eigenvalue weighted by molar-refractivity contribution is -0.0632. The summed E-state index contributed by atoms with van der Waals surface area (Å²) in [7, 11) is 1.63. The molecule has 1 heterocycles. The smallest absolute Gasteiger partial charge is 0.348 e. The molecule has 0 amide bonds. The maximum Gasteiger partial charge on any atom is 0.348 e. The topological polar surface area (TPSA) is 55.8 Å². The number of esters is 1. The molecule has 0 bridgehead atoms. The lowest BCUT2D eigenvalue weighted by Crippen LogP contribution is -2.43. The summed E-state index contributed by atoms with van der Waals surface area (Å²) in [4.78, 5) is 13.2. The number of hydrogen-bond donors (Lipinski definition) is 1. The van der Waals surface area contributed by atoms with E-state index in [1.807, 2.05) is 59.7 Å². The highest BCUT2D eigenvalue weighted by Crippen LogP contribution is 2.36. The Morgan fingerprint density at radius 2 is 1.88 bits per heavy atom. The summed E-state index contributed by atoms with van der Waals surface area (Å²) in [5.41, 5.74) is 0.0971. The van der Waals surface area contributed by atoms with E-state index in [-0.39, 0.29) is 18.0 Å². The Balaban J connectivity index is 2.19. The molecule has 1 unspecified atom stereocenters. The van der Waals surface area contributed by atoms with Crippen molar-refractivity contribution in [3.8, 4) is 5.75 Å². The minimum absolute atomic E-state index is 0.168. The number of methoxy groups -OCH3 is 1. The SMILES string of the molecule is COc1ccc2sc(C(=O)OCC(C)(C)C(O)C(C)(C)C)c(C)c2c1. The van der Waals surface area contributed by atoms with Crippen LogP contribution < -0.4 is 4.74 Å². The number of fused-ring (bicyclic) bond motifs is 1. The Morgan fingerprint density at radius 3 is 2.44 bits per heavy atom. The van der Waals surface area contributed by atoms with E-state index in [0.29, 0.717) is 4.88 Å². The van der Waals surface area contributed by atoms with Gasteiger partial charge in [0, 0.05) is 10.1 Å². The molecule has 1 aromatic heterocycles. The normalized spacial score (nSPS) is 13.8. The van der Waals surface area contributed by atoms with E-state index in [4.69, 9.17) is 9.47 Å². The Kier molecular flexibility index (Phi) is 5.50. The molecule has 0 aliphatic heterocycles. The van der Waals surface area contributed by atoms with Gasteiger partial charge in [-0.3, -0.25) is 0 Å². The van der Waals surface area contributed by atoms with Crippen molar-refractivity contribution < 1.29 is 19.4 Å². The van der Waals surface area contributed by atoms with Crippen molar-refractivity contribution in [1.82, 2.24) is 0 Å². The van der Waals surface area contributed by atoms with Crippen molar-refractivity contribution in [3.63, 3.8) is 0 Å². The van der Waals surface area contributed by atoms with Gasteiger partial charge in [0.15, 0.2) is 0 Å². The van der Waals surface area contributed by atoms with Gasteiger partial charge in [0.1, 0.15) is 10.6 Å². The molecule has 0 saturated heterocycles.